The van der Waals surface area contributed by atoms with E-state index in [-0.39, 0.29) is 16.9 Å². The number of aromatic hydroxyl groups is 2. The van der Waals surface area contributed by atoms with Crippen LogP contribution in [0.1, 0.15) is 50.7 Å². The Balaban J connectivity index is 0.000000202. The van der Waals surface area contributed by atoms with Gasteiger partial charge in [0.2, 0.25) is 0 Å². The first-order valence-electron chi connectivity index (χ1n) is 11.5. The molecule has 0 spiro atoms. The molecule has 3 atom stereocenters. The van der Waals surface area contributed by atoms with E-state index in [2.05, 4.69) is 13.8 Å². The third kappa shape index (κ3) is 8.62. The van der Waals surface area contributed by atoms with Crippen molar-refractivity contribution in [1.82, 2.24) is 0 Å². The lowest BCUT2D eigenvalue weighted by Crippen LogP contribution is -2.26. The summed E-state index contributed by atoms with van der Waals surface area (Å²) in [6.07, 6.45) is 5.66. The maximum Gasteiger partial charge on any atom is 0.115 e. The maximum absolute atomic E-state index is 9.30. The van der Waals surface area contributed by atoms with E-state index in [1.807, 2.05) is 24.3 Å². The first-order chi connectivity index (χ1) is 15.3. The highest BCUT2D eigenvalue weighted by Crippen LogP contribution is 2.33. The van der Waals surface area contributed by atoms with Crippen molar-refractivity contribution in [3.05, 3.63) is 59.7 Å². The van der Waals surface area contributed by atoms with Crippen LogP contribution in [0.2, 0.25) is 0 Å². The van der Waals surface area contributed by atoms with Gasteiger partial charge in [-0.25, -0.2) is 0 Å². The summed E-state index contributed by atoms with van der Waals surface area (Å²) in [4.78, 5) is 0. The van der Waals surface area contributed by atoms with Crippen LogP contribution >= 0.6 is 11.6 Å². The van der Waals surface area contributed by atoms with Gasteiger partial charge in [-0.3, -0.25) is 0 Å². The number of ether oxygens (including phenoxy) is 1. The first-order valence-corrected chi connectivity index (χ1v) is 12.0. The van der Waals surface area contributed by atoms with E-state index in [4.69, 9.17) is 27.8 Å². The monoisotopic (exact) mass is 462 g/mol. The summed E-state index contributed by atoms with van der Waals surface area (Å²) in [6, 6.07) is 14.4. The first kappa shape index (κ1) is 26.5. The van der Waals surface area contributed by atoms with E-state index >= 15 is 0 Å². The predicted molar refractivity (Wildman–Crippen MR) is 132 cm³/mol. The highest BCUT2D eigenvalue weighted by atomic mass is 35.5. The van der Waals surface area contributed by atoms with Crippen molar-refractivity contribution in [1.29, 1.82) is 0 Å². The lowest BCUT2D eigenvalue weighted by atomic mass is 9.78. The molecule has 1 saturated heterocycles. The third-order valence-corrected chi connectivity index (χ3v) is 6.65. The summed E-state index contributed by atoms with van der Waals surface area (Å²) < 4.78 is 4.73. The van der Waals surface area contributed by atoms with Crippen molar-refractivity contribution >= 4 is 11.6 Å². The summed E-state index contributed by atoms with van der Waals surface area (Å²) in [6.45, 7) is 6.83. The highest BCUT2D eigenvalue weighted by molar-refractivity contribution is 6.18. The van der Waals surface area contributed by atoms with E-state index in [9.17, 15) is 10.2 Å². The Bertz CT molecular complexity index is 719. The highest BCUT2D eigenvalue weighted by Gasteiger charge is 2.23. The van der Waals surface area contributed by atoms with Gasteiger partial charge in [0.25, 0.3) is 0 Å². The molecule has 1 aliphatic carbocycles. The Labute approximate surface area is 197 Å². The van der Waals surface area contributed by atoms with Crippen molar-refractivity contribution in [3.8, 4) is 11.5 Å². The molecule has 6 N–H and O–H groups in total. The van der Waals surface area contributed by atoms with Gasteiger partial charge >= 0.3 is 0 Å². The minimum atomic E-state index is -0.151. The number of benzene rings is 2. The number of hydrogen-bond acceptors (Lipinski definition) is 5. The second-order valence-corrected chi connectivity index (χ2v) is 9.51. The average molecular weight is 463 g/mol. The summed E-state index contributed by atoms with van der Waals surface area (Å²) in [5.74, 6) is 2.75. The molecule has 2 aromatic carbocycles. The maximum atomic E-state index is 9.30. The van der Waals surface area contributed by atoms with Gasteiger partial charge < -0.3 is 26.4 Å². The molecule has 1 aliphatic heterocycles. The molecule has 4 rings (SSSR count). The quantitative estimate of drug-likeness (QED) is 0.378. The van der Waals surface area contributed by atoms with Crippen molar-refractivity contribution in [2.75, 3.05) is 25.6 Å². The Morgan fingerprint density at radius 3 is 1.56 bits per heavy atom. The zero-order valence-corrected chi connectivity index (χ0v) is 20.1. The molecule has 0 bridgehead atoms. The molecule has 1 saturated carbocycles. The summed E-state index contributed by atoms with van der Waals surface area (Å²) in [5.41, 5.74) is 13.3. The van der Waals surface area contributed by atoms with Gasteiger partial charge in [-0.2, -0.15) is 0 Å². The van der Waals surface area contributed by atoms with Gasteiger partial charge in [-0.15, -0.1) is 11.6 Å². The fraction of sp³-hybridized carbons (Fsp3) is 0.538. The number of alkyl halides is 1. The molecule has 3 unspecified atom stereocenters. The van der Waals surface area contributed by atoms with Gasteiger partial charge in [0.1, 0.15) is 11.5 Å². The average Bonchev–Trinajstić information content (AvgIpc) is 3.65. The molecule has 0 radical (unpaired) electrons. The Kier molecular flexibility index (Phi) is 10.8. The fourth-order valence-electron chi connectivity index (χ4n) is 3.91. The lowest BCUT2D eigenvalue weighted by Gasteiger charge is -2.26. The molecule has 2 aliphatic rings. The minimum absolute atomic E-state index is 0.151. The number of epoxide rings is 1. The molecular formula is C26H39ClN2O3. The van der Waals surface area contributed by atoms with Crippen LogP contribution in [0.4, 0.5) is 0 Å². The number of hydrogen-bond donors (Lipinski definition) is 4. The molecule has 178 valence electrons. The van der Waals surface area contributed by atoms with Crippen LogP contribution in [0, 0.1) is 11.8 Å². The van der Waals surface area contributed by atoms with E-state index in [1.54, 1.807) is 24.3 Å². The van der Waals surface area contributed by atoms with E-state index in [1.165, 1.54) is 25.7 Å². The zero-order chi connectivity index (χ0) is 23.6. The summed E-state index contributed by atoms with van der Waals surface area (Å²) >= 11 is 5.27. The number of nitrogens with two attached hydrogens (primary N) is 2. The zero-order valence-electron chi connectivity index (χ0n) is 19.3. The van der Waals surface area contributed by atoms with E-state index in [0.29, 0.717) is 12.0 Å². The van der Waals surface area contributed by atoms with Crippen LogP contribution in [0.3, 0.4) is 0 Å². The van der Waals surface area contributed by atoms with Gasteiger partial charge in [-0.05, 0) is 79.6 Å². The van der Waals surface area contributed by atoms with E-state index in [0.717, 1.165) is 42.7 Å². The van der Waals surface area contributed by atoms with Gasteiger partial charge in [0, 0.05) is 5.41 Å². The van der Waals surface area contributed by atoms with Crippen LogP contribution in [0.15, 0.2) is 48.5 Å². The number of halogens is 1. The molecule has 5 nitrogen and oxygen atoms in total. The number of rotatable bonds is 5. The van der Waals surface area contributed by atoms with Crippen LogP contribution < -0.4 is 11.5 Å². The Morgan fingerprint density at radius 1 is 0.875 bits per heavy atom. The third-order valence-electron chi connectivity index (χ3n) is 6.31. The van der Waals surface area contributed by atoms with Gasteiger partial charge in [-0.1, -0.05) is 44.5 Å². The number of phenols is 2. The molecule has 0 aromatic heterocycles. The molecule has 32 heavy (non-hydrogen) atoms. The van der Waals surface area contributed by atoms with Crippen molar-refractivity contribution < 1.29 is 14.9 Å². The van der Waals surface area contributed by atoms with Gasteiger partial charge in [0.15, 0.2) is 0 Å². The fourth-order valence-corrected chi connectivity index (χ4v) is 4.09. The standard InChI is InChI=1S/C15H16O2.C8H18N2.C3H5ClO/c1-15(2,11-3-7-13(16)8-4-11)12-5-9-14(17)10-6-12;9-5-7-2-1-3-8(4-7)6-10;4-1-3-2-5-3/h3-10,16-17H,1-2H3;7-8H,1-6,9-10H2;3H,1-2H2. The van der Waals surface area contributed by atoms with Gasteiger partial charge in [0.05, 0.1) is 18.6 Å². The minimum Gasteiger partial charge on any atom is -0.508 e. The Hall–Kier alpha value is -1.79. The molecule has 6 heteroatoms. The topological polar surface area (TPSA) is 105 Å². The molecule has 2 aromatic rings. The van der Waals surface area contributed by atoms with Crippen LogP contribution in [0.5, 0.6) is 11.5 Å². The summed E-state index contributed by atoms with van der Waals surface area (Å²) in [7, 11) is 0. The van der Waals surface area contributed by atoms with Crippen molar-refractivity contribution in [2.45, 2.75) is 51.0 Å². The second kappa shape index (κ2) is 13.0. The molecule has 1 heterocycles. The number of phenolic OH excluding ortho intramolecular Hbond substituents is 2. The second-order valence-electron chi connectivity index (χ2n) is 9.20. The van der Waals surface area contributed by atoms with Crippen molar-refractivity contribution in [3.63, 3.8) is 0 Å². The van der Waals surface area contributed by atoms with Crippen LogP contribution in [-0.4, -0.2) is 41.9 Å². The SMILES string of the molecule is CC(C)(c1ccc(O)cc1)c1ccc(O)cc1.ClCC1CO1.NCC1CCCC(CN)C1. The van der Waals surface area contributed by atoms with Crippen LogP contribution in [-0.2, 0) is 10.2 Å². The van der Waals surface area contributed by atoms with Crippen molar-refractivity contribution in [2.24, 2.45) is 23.3 Å². The summed E-state index contributed by atoms with van der Waals surface area (Å²) in [5, 5.41) is 18.6. The van der Waals surface area contributed by atoms with Crippen LogP contribution in [0.25, 0.3) is 0 Å². The molecular weight excluding hydrogens is 424 g/mol. The predicted octanol–water partition coefficient (Wildman–Crippen LogP) is 4.76. The smallest absolute Gasteiger partial charge is 0.115 e. The normalized spacial score (nSPS) is 22.1. The Morgan fingerprint density at radius 2 is 1.28 bits per heavy atom. The van der Waals surface area contributed by atoms with E-state index < -0.39 is 0 Å². The lowest BCUT2D eigenvalue weighted by molar-refractivity contribution is 0.277. The largest absolute Gasteiger partial charge is 0.508 e. The molecule has 2 fully saturated rings. The molecule has 0 amide bonds.